The number of rotatable bonds is 8. The lowest BCUT2D eigenvalue weighted by molar-refractivity contribution is -0.105. The minimum Gasteiger partial charge on any atom is -0.350 e. The van der Waals surface area contributed by atoms with Crippen molar-refractivity contribution in [1.29, 1.82) is 0 Å². The van der Waals surface area contributed by atoms with Gasteiger partial charge in [0.2, 0.25) is 0 Å². The maximum absolute atomic E-state index is 11.5. The highest BCUT2D eigenvalue weighted by molar-refractivity contribution is 5.94. The fourth-order valence-electron chi connectivity index (χ4n) is 4.31. The second-order valence-corrected chi connectivity index (χ2v) is 8.33. The van der Waals surface area contributed by atoms with Gasteiger partial charge in [-0.05, 0) is 49.3 Å². The lowest BCUT2D eigenvalue weighted by Gasteiger charge is -2.38. The zero-order valence-electron chi connectivity index (χ0n) is 18.2. The highest BCUT2D eigenvalue weighted by atomic mass is 16.5. The van der Waals surface area contributed by atoms with Gasteiger partial charge in [0, 0.05) is 18.7 Å². The molecule has 3 heteroatoms. The maximum atomic E-state index is 11.5. The fourth-order valence-corrected chi connectivity index (χ4v) is 4.31. The number of ether oxygens (including phenoxy) is 1. The molecular weight excluding hydrogens is 382 g/mol. The molecule has 0 saturated carbocycles. The van der Waals surface area contributed by atoms with Crippen molar-refractivity contribution in [2.24, 2.45) is 0 Å². The summed E-state index contributed by atoms with van der Waals surface area (Å²) in [5.41, 5.74) is 4.42. The van der Waals surface area contributed by atoms with Crippen LogP contribution in [0.25, 0.3) is 0 Å². The molecule has 3 nitrogen and oxygen atoms in total. The predicted octanol–water partition coefficient (Wildman–Crippen LogP) is 6.05. The Kier molecular flexibility index (Phi) is 7.29. The molecule has 1 aliphatic rings. The van der Waals surface area contributed by atoms with Gasteiger partial charge in [0.1, 0.15) is 12.3 Å². The Bertz CT molecular complexity index is 914. The second kappa shape index (κ2) is 10.5. The Labute approximate surface area is 185 Å². The molecule has 31 heavy (non-hydrogen) atoms. The number of hydrogen-bond acceptors (Lipinski definition) is 3. The summed E-state index contributed by atoms with van der Waals surface area (Å²) in [7, 11) is 0. The van der Waals surface area contributed by atoms with Gasteiger partial charge in [-0.2, -0.15) is 0 Å². The highest BCUT2D eigenvalue weighted by Gasteiger charge is 2.27. The van der Waals surface area contributed by atoms with Crippen LogP contribution in [0.1, 0.15) is 59.3 Å². The van der Waals surface area contributed by atoms with Crippen LogP contribution in [-0.4, -0.2) is 30.0 Å². The average molecular weight is 414 g/mol. The SMILES string of the molecule is CC(=O)c1ccc(CCN2CCCCC2OC(c2ccccc2)c2ccccc2)cc1. The number of piperidine rings is 1. The molecule has 0 amide bonds. The van der Waals surface area contributed by atoms with Crippen LogP contribution < -0.4 is 0 Å². The third-order valence-corrected chi connectivity index (χ3v) is 6.10. The lowest BCUT2D eigenvalue weighted by Crippen LogP contribution is -2.43. The minimum absolute atomic E-state index is 0.0668. The summed E-state index contributed by atoms with van der Waals surface area (Å²) < 4.78 is 6.80. The van der Waals surface area contributed by atoms with Crippen molar-refractivity contribution in [3.63, 3.8) is 0 Å². The molecule has 0 bridgehead atoms. The molecule has 1 unspecified atom stereocenters. The van der Waals surface area contributed by atoms with Crippen molar-refractivity contribution < 1.29 is 9.53 Å². The molecule has 0 spiro atoms. The van der Waals surface area contributed by atoms with Crippen molar-refractivity contribution in [2.75, 3.05) is 13.1 Å². The van der Waals surface area contributed by atoms with Crippen LogP contribution in [0.5, 0.6) is 0 Å². The van der Waals surface area contributed by atoms with Gasteiger partial charge < -0.3 is 4.74 Å². The van der Waals surface area contributed by atoms with E-state index in [1.807, 2.05) is 12.1 Å². The maximum Gasteiger partial charge on any atom is 0.159 e. The molecule has 1 saturated heterocycles. The molecule has 3 aromatic rings. The number of benzene rings is 3. The van der Waals surface area contributed by atoms with E-state index in [4.69, 9.17) is 4.74 Å². The molecule has 1 fully saturated rings. The Balaban J connectivity index is 1.47. The molecule has 1 atom stereocenters. The Morgan fingerprint density at radius 1 is 0.903 bits per heavy atom. The van der Waals surface area contributed by atoms with Gasteiger partial charge in [-0.3, -0.25) is 9.69 Å². The van der Waals surface area contributed by atoms with E-state index in [1.165, 1.54) is 29.5 Å². The third-order valence-electron chi connectivity index (χ3n) is 6.10. The number of carbonyl (C=O) groups is 1. The second-order valence-electron chi connectivity index (χ2n) is 8.33. The predicted molar refractivity (Wildman–Crippen MR) is 125 cm³/mol. The van der Waals surface area contributed by atoms with Crippen LogP contribution >= 0.6 is 0 Å². The van der Waals surface area contributed by atoms with Gasteiger partial charge in [0.15, 0.2) is 5.78 Å². The zero-order valence-corrected chi connectivity index (χ0v) is 18.2. The van der Waals surface area contributed by atoms with E-state index in [1.54, 1.807) is 6.92 Å². The summed E-state index contributed by atoms with van der Waals surface area (Å²) in [6.07, 6.45) is 4.46. The van der Waals surface area contributed by atoms with Crippen molar-refractivity contribution in [1.82, 2.24) is 4.90 Å². The molecule has 0 aliphatic carbocycles. The number of ketones is 1. The molecule has 3 aromatic carbocycles. The zero-order chi connectivity index (χ0) is 21.5. The van der Waals surface area contributed by atoms with Gasteiger partial charge in [0.25, 0.3) is 0 Å². The van der Waals surface area contributed by atoms with Crippen LogP contribution in [0.2, 0.25) is 0 Å². The van der Waals surface area contributed by atoms with Gasteiger partial charge in [-0.1, -0.05) is 84.9 Å². The number of carbonyl (C=O) groups excluding carboxylic acids is 1. The van der Waals surface area contributed by atoms with Crippen molar-refractivity contribution in [3.05, 3.63) is 107 Å². The summed E-state index contributed by atoms with van der Waals surface area (Å²) in [6.45, 7) is 3.63. The number of Topliss-reactive ketones (excluding diaryl/α,β-unsaturated/α-hetero) is 1. The van der Waals surface area contributed by atoms with Gasteiger partial charge >= 0.3 is 0 Å². The molecule has 160 valence electrons. The smallest absolute Gasteiger partial charge is 0.159 e. The van der Waals surface area contributed by atoms with E-state index >= 15 is 0 Å². The molecule has 0 radical (unpaired) electrons. The quantitative estimate of drug-likeness (QED) is 0.421. The van der Waals surface area contributed by atoms with Crippen LogP contribution in [-0.2, 0) is 11.2 Å². The topological polar surface area (TPSA) is 29.5 Å². The fraction of sp³-hybridized carbons (Fsp3) is 0.321. The molecule has 4 rings (SSSR count). The van der Waals surface area contributed by atoms with E-state index < -0.39 is 0 Å². The number of likely N-dealkylation sites (tertiary alicyclic amines) is 1. The van der Waals surface area contributed by atoms with Crippen LogP contribution in [0.4, 0.5) is 0 Å². The summed E-state index contributed by atoms with van der Waals surface area (Å²) in [6, 6.07) is 29.1. The first-order chi connectivity index (χ1) is 15.2. The molecular formula is C28H31NO2. The van der Waals surface area contributed by atoms with Gasteiger partial charge in [-0.25, -0.2) is 0 Å². The number of nitrogens with zero attached hydrogens (tertiary/aromatic N) is 1. The first-order valence-corrected chi connectivity index (χ1v) is 11.3. The van der Waals surface area contributed by atoms with E-state index in [9.17, 15) is 4.79 Å². The first kappa shape index (κ1) is 21.5. The monoisotopic (exact) mass is 413 g/mol. The molecule has 1 aliphatic heterocycles. The van der Waals surface area contributed by atoms with Gasteiger partial charge in [0.05, 0.1) is 0 Å². The summed E-state index contributed by atoms with van der Waals surface area (Å²) in [5.74, 6) is 0.115. The molecule has 0 aromatic heterocycles. The largest absolute Gasteiger partial charge is 0.350 e. The van der Waals surface area contributed by atoms with Gasteiger partial charge in [-0.15, -0.1) is 0 Å². The molecule has 0 N–H and O–H groups in total. The van der Waals surface area contributed by atoms with Crippen LogP contribution in [0.15, 0.2) is 84.9 Å². The van der Waals surface area contributed by atoms with E-state index in [-0.39, 0.29) is 18.1 Å². The van der Waals surface area contributed by atoms with Crippen molar-refractivity contribution in [3.8, 4) is 0 Å². The number of hydrogen-bond donors (Lipinski definition) is 0. The van der Waals surface area contributed by atoms with Crippen LogP contribution in [0, 0.1) is 0 Å². The Morgan fingerprint density at radius 3 is 2.10 bits per heavy atom. The third kappa shape index (κ3) is 5.69. The minimum atomic E-state index is -0.0668. The standard InChI is InChI=1S/C28H31NO2/c1-22(30)24-17-15-23(16-18-24)19-21-29-20-9-8-14-27(29)31-28(25-10-4-2-5-11-25)26-12-6-3-7-13-26/h2-7,10-13,15-18,27-28H,8-9,14,19-21H2,1H3. The Morgan fingerprint density at radius 2 is 1.52 bits per heavy atom. The van der Waals surface area contributed by atoms with Crippen LogP contribution in [0.3, 0.4) is 0 Å². The van der Waals surface area contributed by atoms with E-state index in [2.05, 4.69) is 77.7 Å². The average Bonchev–Trinajstić information content (AvgIpc) is 2.83. The van der Waals surface area contributed by atoms with Crippen molar-refractivity contribution in [2.45, 2.75) is 44.9 Å². The van der Waals surface area contributed by atoms with E-state index in [0.29, 0.717) is 0 Å². The summed E-state index contributed by atoms with van der Waals surface area (Å²) >= 11 is 0. The summed E-state index contributed by atoms with van der Waals surface area (Å²) in [4.78, 5) is 14.0. The highest BCUT2D eigenvalue weighted by Crippen LogP contribution is 2.31. The molecule has 1 heterocycles. The van der Waals surface area contributed by atoms with Crippen molar-refractivity contribution >= 4 is 5.78 Å². The van der Waals surface area contributed by atoms with E-state index in [0.717, 1.165) is 31.5 Å². The lowest BCUT2D eigenvalue weighted by atomic mass is 10.0. The first-order valence-electron chi connectivity index (χ1n) is 11.3. The Hall–Kier alpha value is -2.75. The normalized spacial score (nSPS) is 17.0. The summed E-state index contributed by atoms with van der Waals surface area (Å²) in [5, 5.41) is 0.